The van der Waals surface area contributed by atoms with E-state index in [2.05, 4.69) is 22.8 Å². The molecule has 0 radical (unpaired) electrons. The number of likely N-dealkylation sites (tertiary alicyclic amines) is 1. The van der Waals surface area contributed by atoms with Crippen LogP contribution in [0.2, 0.25) is 5.02 Å². The molecule has 2 aromatic rings. The predicted octanol–water partition coefficient (Wildman–Crippen LogP) is 3.84. The fraction of sp³-hybridized carbons (Fsp3) is 0.389. The molecule has 3 nitrogen and oxygen atoms in total. The number of amides is 1. The first-order chi connectivity index (χ1) is 11.2. The largest absolute Gasteiger partial charge is 0.339 e. The van der Waals surface area contributed by atoms with Gasteiger partial charge in [0.15, 0.2) is 0 Å². The Labute approximate surface area is 146 Å². The van der Waals surface area contributed by atoms with Crippen LogP contribution in [0.25, 0.3) is 0 Å². The summed E-state index contributed by atoms with van der Waals surface area (Å²) < 4.78 is 0. The smallest absolute Gasteiger partial charge is 0.253 e. The first kappa shape index (κ1) is 16.5. The third-order valence-electron chi connectivity index (χ3n) is 4.26. The van der Waals surface area contributed by atoms with E-state index in [0.29, 0.717) is 11.1 Å². The molecule has 1 N–H and O–H groups in total. The van der Waals surface area contributed by atoms with E-state index in [-0.39, 0.29) is 5.91 Å². The van der Waals surface area contributed by atoms with Crippen LogP contribution >= 0.6 is 22.9 Å². The third-order valence-corrected chi connectivity index (χ3v) is 5.45. The number of rotatable bonds is 5. The van der Waals surface area contributed by atoms with Crippen LogP contribution in [0.1, 0.15) is 28.1 Å². The fourth-order valence-electron chi connectivity index (χ4n) is 2.92. The summed E-state index contributed by atoms with van der Waals surface area (Å²) in [4.78, 5) is 15.8. The molecule has 1 aliphatic heterocycles. The van der Waals surface area contributed by atoms with Crippen LogP contribution in [0, 0.1) is 0 Å². The lowest BCUT2D eigenvalue weighted by Gasteiger charge is -2.32. The average molecular weight is 349 g/mol. The summed E-state index contributed by atoms with van der Waals surface area (Å²) in [6.45, 7) is 2.65. The van der Waals surface area contributed by atoms with Crippen LogP contribution < -0.4 is 5.32 Å². The van der Waals surface area contributed by atoms with Crippen molar-refractivity contribution in [3.8, 4) is 0 Å². The van der Waals surface area contributed by atoms with Gasteiger partial charge in [-0.05, 0) is 55.0 Å². The van der Waals surface area contributed by atoms with E-state index in [1.165, 1.54) is 4.88 Å². The third kappa shape index (κ3) is 4.56. The van der Waals surface area contributed by atoms with E-state index in [4.69, 9.17) is 11.6 Å². The Balaban J connectivity index is 1.42. The molecule has 2 heterocycles. The van der Waals surface area contributed by atoms with E-state index in [1.807, 2.05) is 16.2 Å². The quantitative estimate of drug-likeness (QED) is 0.890. The van der Waals surface area contributed by atoms with Crippen molar-refractivity contribution in [3.63, 3.8) is 0 Å². The fourth-order valence-corrected chi connectivity index (χ4v) is 3.75. The van der Waals surface area contributed by atoms with Crippen molar-refractivity contribution in [3.05, 3.63) is 57.2 Å². The van der Waals surface area contributed by atoms with E-state index in [9.17, 15) is 4.79 Å². The number of benzene rings is 1. The van der Waals surface area contributed by atoms with Gasteiger partial charge in [0.05, 0.1) is 0 Å². The Morgan fingerprint density at radius 1 is 1.22 bits per heavy atom. The molecular weight excluding hydrogens is 328 g/mol. The molecule has 1 aromatic carbocycles. The number of carbonyl (C=O) groups is 1. The minimum atomic E-state index is 0.110. The van der Waals surface area contributed by atoms with E-state index in [0.717, 1.165) is 44.5 Å². The van der Waals surface area contributed by atoms with Crippen molar-refractivity contribution in [2.75, 3.05) is 19.6 Å². The summed E-state index contributed by atoms with van der Waals surface area (Å²) >= 11 is 7.68. The number of thiophene rings is 1. The van der Waals surface area contributed by atoms with Gasteiger partial charge in [-0.15, -0.1) is 11.3 Å². The van der Waals surface area contributed by atoms with Gasteiger partial charge in [0, 0.05) is 41.1 Å². The van der Waals surface area contributed by atoms with E-state index in [1.54, 1.807) is 24.3 Å². The molecule has 1 amide bonds. The van der Waals surface area contributed by atoms with Crippen LogP contribution in [0.3, 0.4) is 0 Å². The standard InChI is InChI=1S/C18H21ClN2OS/c19-15-5-3-14(4-6-15)18(22)21-11-8-16(9-12-21)20-10-7-17-2-1-13-23-17/h1-6,13,16,20H,7-12H2. The van der Waals surface area contributed by atoms with Crippen LogP contribution in [0.15, 0.2) is 41.8 Å². The Hall–Kier alpha value is -1.36. The first-order valence-corrected chi connectivity index (χ1v) is 9.29. The normalized spacial score (nSPS) is 15.8. The Morgan fingerprint density at radius 2 is 1.96 bits per heavy atom. The van der Waals surface area contributed by atoms with Crippen LogP contribution in [0.5, 0.6) is 0 Å². The van der Waals surface area contributed by atoms with Gasteiger partial charge in [0.1, 0.15) is 0 Å². The van der Waals surface area contributed by atoms with Gasteiger partial charge in [0.25, 0.3) is 5.91 Å². The van der Waals surface area contributed by atoms with Gasteiger partial charge in [-0.2, -0.15) is 0 Å². The molecule has 1 fully saturated rings. The maximum atomic E-state index is 12.5. The molecule has 0 unspecified atom stereocenters. The Morgan fingerprint density at radius 3 is 2.61 bits per heavy atom. The van der Waals surface area contributed by atoms with Gasteiger partial charge in [-0.25, -0.2) is 0 Å². The monoisotopic (exact) mass is 348 g/mol. The van der Waals surface area contributed by atoms with Crippen molar-refractivity contribution in [1.29, 1.82) is 0 Å². The molecule has 3 rings (SSSR count). The summed E-state index contributed by atoms with van der Waals surface area (Å²) in [6.07, 6.45) is 3.12. The highest BCUT2D eigenvalue weighted by atomic mass is 35.5. The molecule has 0 atom stereocenters. The summed E-state index contributed by atoms with van der Waals surface area (Å²) in [5, 5.41) is 6.40. The zero-order valence-electron chi connectivity index (χ0n) is 13.0. The SMILES string of the molecule is O=C(c1ccc(Cl)cc1)N1CCC(NCCc2cccs2)CC1. The predicted molar refractivity (Wildman–Crippen MR) is 96.4 cm³/mol. The Kier molecular flexibility index (Phi) is 5.70. The zero-order valence-corrected chi connectivity index (χ0v) is 14.6. The molecule has 0 spiro atoms. The highest BCUT2D eigenvalue weighted by Gasteiger charge is 2.23. The molecular formula is C18H21ClN2OS. The molecule has 0 aliphatic carbocycles. The summed E-state index contributed by atoms with van der Waals surface area (Å²) in [5.41, 5.74) is 0.721. The van der Waals surface area contributed by atoms with Crippen LogP contribution in [0.4, 0.5) is 0 Å². The molecule has 5 heteroatoms. The van der Waals surface area contributed by atoms with Crippen LogP contribution in [-0.4, -0.2) is 36.5 Å². The van der Waals surface area contributed by atoms with Gasteiger partial charge in [-0.3, -0.25) is 4.79 Å². The maximum Gasteiger partial charge on any atom is 0.253 e. The highest BCUT2D eigenvalue weighted by Crippen LogP contribution is 2.16. The van der Waals surface area contributed by atoms with E-state index >= 15 is 0 Å². The summed E-state index contributed by atoms with van der Waals surface area (Å²) in [5.74, 6) is 0.110. The lowest BCUT2D eigenvalue weighted by atomic mass is 10.0. The number of nitrogens with one attached hydrogen (secondary N) is 1. The highest BCUT2D eigenvalue weighted by molar-refractivity contribution is 7.09. The molecule has 0 saturated carbocycles. The molecule has 1 aliphatic rings. The minimum Gasteiger partial charge on any atom is -0.339 e. The second-order valence-corrected chi connectivity index (χ2v) is 7.33. The van der Waals surface area contributed by atoms with Gasteiger partial charge < -0.3 is 10.2 Å². The van der Waals surface area contributed by atoms with Crippen molar-refractivity contribution in [2.24, 2.45) is 0 Å². The molecule has 0 bridgehead atoms. The number of carbonyl (C=O) groups excluding carboxylic acids is 1. The van der Waals surface area contributed by atoms with E-state index < -0.39 is 0 Å². The molecule has 122 valence electrons. The van der Waals surface area contributed by atoms with Gasteiger partial charge >= 0.3 is 0 Å². The van der Waals surface area contributed by atoms with Gasteiger partial charge in [0.2, 0.25) is 0 Å². The topological polar surface area (TPSA) is 32.3 Å². The first-order valence-electron chi connectivity index (χ1n) is 8.03. The number of nitrogens with zero attached hydrogens (tertiary/aromatic N) is 1. The van der Waals surface area contributed by atoms with Crippen molar-refractivity contribution in [1.82, 2.24) is 10.2 Å². The van der Waals surface area contributed by atoms with Crippen molar-refractivity contribution in [2.45, 2.75) is 25.3 Å². The summed E-state index contributed by atoms with van der Waals surface area (Å²) in [7, 11) is 0. The zero-order chi connectivity index (χ0) is 16.1. The number of hydrogen-bond acceptors (Lipinski definition) is 3. The Bertz CT molecular complexity index is 619. The average Bonchev–Trinajstić information content (AvgIpc) is 3.09. The van der Waals surface area contributed by atoms with Crippen molar-refractivity contribution >= 4 is 28.8 Å². The van der Waals surface area contributed by atoms with Gasteiger partial charge in [-0.1, -0.05) is 17.7 Å². The molecule has 1 aromatic heterocycles. The molecule has 23 heavy (non-hydrogen) atoms. The minimum absolute atomic E-state index is 0.110. The number of halogens is 1. The lowest BCUT2D eigenvalue weighted by Crippen LogP contribution is -2.45. The molecule has 1 saturated heterocycles. The maximum absolute atomic E-state index is 12.5. The second kappa shape index (κ2) is 7.95. The second-order valence-electron chi connectivity index (χ2n) is 5.86. The van der Waals surface area contributed by atoms with Crippen LogP contribution in [-0.2, 0) is 6.42 Å². The number of piperidine rings is 1. The summed E-state index contributed by atoms with van der Waals surface area (Å²) in [6, 6.07) is 11.9. The lowest BCUT2D eigenvalue weighted by molar-refractivity contribution is 0.0705. The van der Waals surface area contributed by atoms with Crippen molar-refractivity contribution < 1.29 is 4.79 Å². The number of hydrogen-bond donors (Lipinski definition) is 1.